The van der Waals surface area contributed by atoms with Crippen LogP contribution in [0, 0.1) is 0 Å². The van der Waals surface area contributed by atoms with Gasteiger partial charge in [0.15, 0.2) is 9.84 Å². The summed E-state index contributed by atoms with van der Waals surface area (Å²) in [5, 5.41) is 18.5. The molecule has 2 amide bonds. The first-order chi connectivity index (χ1) is 9.78. The summed E-state index contributed by atoms with van der Waals surface area (Å²) in [4.78, 5) is 26.1. The van der Waals surface area contributed by atoms with Crippen molar-refractivity contribution in [1.82, 2.24) is 9.80 Å². The largest absolute Gasteiger partial charge is 0.481 e. The van der Waals surface area contributed by atoms with E-state index in [9.17, 15) is 23.1 Å². The second kappa shape index (κ2) is 6.18. The van der Waals surface area contributed by atoms with E-state index in [-0.39, 0.29) is 37.0 Å². The summed E-state index contributed by atoms with van der Waals surface area (Å²) in [6.07, 6.45) is 0.356. The lowest BCUT2D eigenvalue weighted by atomic mass is 10.1. The van der Waals surface area contributed by atoms with Gasteiger partial charge in [-0.25, -0.2) is 13.2 Å². The van der Waals surface area contributed by atoms with Crippen molar-refractivity contribution in [3.63, 3.8) is 0 Å². The second-order valence-electron chi connectivity index (χ2n) is 5.58. The van der Waals surface area contributed by atoms with Gasteiger partial charge >= 0.3 is 12.0 Å². The number of carboxylic acid groups (broad SMARTS) is 1. The van der Waals surface area contributed by atoms with Crippen LogP contribution >= 0.6 is 0 Å². The number of amides is 2. The predicted molar refractivity (Wildman–Crippen MR) is 73.6 cm³/mol. The maximum Gasteiger partial charge on any atom is 0.320 e. The molecule has 0 aromatic carbocycles. The molecule has 0 aromatic heterocycles. The third kappa shape index (κ3) is 4.07. The Bertz CT molecular complexity index is 520. The van der Waals surface area contributed by atoms with Crippen molar-refractivity contribution in [3.8, 4) is 0 Å². The summed E-state index contributed by atoms with van der Waals surface area (Å²) in [7, 11) is -3.31. The molecule has 0 spiro atoms. The highest BCUT2D eigenvalue weighted by Crippen LogP contribution is 2.19. The molecule has 8 nitrogen and oxygen atoms in total. The molecular formula is C12H20N2O6S. The number of carbonyl (C=O) groups is 2. The van der Waals surface area contributed by atoms with Gasteiger partial charge < -0.3 is 20.0 Å². The number of hydrogen-bond acceptors (Lipinski definition) is 5. The number of aliphatic hydroxyl groups excluding tert-OH is 1. The van der Waals surface area contributed by atoms with Crippen LogP contribution in [-0.4, -0.2) is 83.7 Å². The molecule has 0 saturated carbocycles. The molecule has 0 aliphatic carbocycles. The lowest BCUT2D eigenvalue weighted by Gasteiger charge is -2.40. The van der Waals surface area contributed by atoms with Gasteiger partial charge in [-0.05, 0) is 12.8 Å². The van der Waals surface area contributed by atoms with E-state index in [1.807, 2.05) is 0 Å². The molecule has 2 saturated heterocycles. The van der Waals surface area contributed by atoms with Crippen LogP contribution in [0.5, 0.6) is 0 Å². The molecule has 0 aromatic rings. The van der Waals surface area contributed by atoms with Crippen molar-refractivity contribution in [2.45, 2.75) is 31.4 Å². The zero-order chi connectivity index (χ0) is 15.6. The molecule has 0 bridgehead atoms. The molecule has 2 N–H and O–H groups in total. The highest BCUT2D eigenvalue weighted by atomic mass is 32.2. The Morgan fingerprint density at radius 3 is 2.57 bits per heavy atom. The first-order valence-corrected chi connectivity index (χ1v) is 8.76. The fourth-order valence-corrected chi connectivity index (χ4v) is 4.34. The van der Waals surface area contributed by atoms with Crippen molar-refractivity contribution >= 4 is 21.8 Å². The van der Waals surface area contributed by atoms with E-state index in [4.69, 9.17) is 5.11 Å². The third-order valence-corrected chi connectivity index (χ3v) is 5.55. The summed E-state index contributed by atoms with van der Waals surface area (Å²) in [6, 6.07) is -1.22. The number of nitrogens with zero attached hydrogens (tertiary/aromatic N) is 2. The highest BCUT2D eigenvalue weighted by Gasteiger charge is 2.38. The number of β-amino-alcohol motifs (C(OH)–C–C–N with tert-alkyl or cyclic N) is 1. The Morgan fingerprint density at radius 1 is 1.24 bits per heavy atom. The smallest absolute Gasteiger partial charge is 0.320 e. The first kappa shape index (κ1) is 16.0. The fourth-order valence-electron chi connectivity index (χ4n) is 2.82. The summed E-state index contributed by atoms with van der Waals surface area (Å²) in [5.74, 6) is -1.60. The van der Waals surface area contributed by atoms with E-state index in [1.54, 1.807) is 0 Å². The molecule has 2 heterocycles. The number of piperidine rings is 1. The van der Waals surface area contributed by atoms with Crippen LogP contribution in [0.25, 0.3) is 0 Å². The van der Waals surface area contributed by atoms with Crippen molar-refractivity contribution in [3.05, 3.63) is 0 Å². The van der Waals surface area contributed by atoms with Crippen LogP contribution in [0.2, 0.25) is 0 Å². The zero-order valence-electron chi connectivity index (χ0n) is 11.6. The lowest BCUT2D eigenvalue weighted by Crippen LogP contribution is -2.57. The van der Waals surface area contributed by atoms with Gasteiger partial charge in [-0.2, -0.15) is 0 Å². The minimum absolute atomic E-state index is 0.00566. The minimum Gasteiger partial charge on any atom is -0.481 e. The van der Waals surface area contributed by atoms with Gasteiger partial charge in [-0.1, -0.05) is 0 Å². The van der Waals surface area contributed by atoms with Crippen molar-refractivity contribution in [2.24, 2.45) is 0 Å². The van der Waals surface area contributed by atoms with Gasteiger partial charge in [0.2, 0.25) is 0 Å². The van der Waals surface area contributed by atoms with E-state index in [0.717, 1.165) is 0 Å². The van der Waals surface area contributed by atoms with Gasteiger partial charge in [-0.15, -0.1) is 0 Å². The van der Waals surface area contributed by atoms with E-state index < -0.39 is 28.0 Å². The van der Waals surface area contributed by atoms with Crippen molar-refractivity contribution in [2.75, 3.05) is 31.1 Å². The van der Waals surface area contributed by atoms with Gasteiger partial charge in [0, 0.05) is 19.6 Å². The Labute approximate surface area is 123 Å². The molecule has 120 valence electrons. The van der Waals surface area contributed by atoms with E-state index in [0.29, 0.717) is 19.4 Å². The predicted octanol–water partition coefficient (Wildman–Crippen LogP) is -0.863. The van der Waals surface area contributed by atoms with Crippen LogP contribution in [0.3, 0.4) is 0 Å². The maximum absolute atomic E-state index is 12.5. The SMILES string of the molecule is O=C(O)CC1CS(=O)(=O)CCN1C(=O)N1CCCC(O)C1. The highest BCUT2D eigenvalue weighted by molar-refractivity contribution is 7.91. The van der Waals surface area contributed by atoms with Gasteiger partial charge in [0.05, 0.1) is 30.1 Å². The number of sulfone groups is 1. The second-order valence-corrected chi connectivity index (χ2v) is 7.81. The zero-order valence-corrected chi connectivity index (χ0v) is 12.5. The van der Waals surface area contributed by atoms with Crippen LogP contribution in [-0.2, 0) is 14.6 Å². The van der Waals surface area contributed by atoms with Crippen LogP contribution in [0.4, 0.5) is 4.79 Å². The molecule has 2 rings (SSSR count). The standard InChI is InChI=1S/C12H20N2O6S/c15-10-2-1-3-13(7-10)12(18)14-4-5-21(19,20)8-9(14)6-11(16)17/h9-10,15H,1-8H2,(H,16,17). The van der Waals surface area contributed by atoms with Gasteiger partial charge in [0.1, 0.15) is 0 Å². The molecular weight excluding hydrogens is 300 g/mol. The number of aliphatic carboxylic acids is 1. The molecule has 2 fully saturated rings. The average molecular weight is 320 g/mol. The quantitative estimate of drug-likeness (QED) is 0.684. The third-order valence-electron chi connectivity index (χ3n) is 3.85. The number of hydrogen-bond donors (Lipinski definition) is 2. The lowest BCUT2D eigenvalue weighted by molar-refractivity contribution is -0.138. The van der Waals surface area contributed by atoms with Crippen LogP contribution in [0.15, 0.2) is 0 Å². The fraction of sp³-hybridized carbons (Fsp3) is 0.833. The molecule has 2 atom stereocenters. The summed E-state index contributed by atoms with van der Waals surface area (Å²) in [5.41, 5.74) is 0. The van der Waals surface area contributed by atoms with E-state index in [1.165, 1.54) is 9.80 Å². The number of carbonyl (C=O) groups excluding carboxylic acids is 1. The molecule has 9 heteroatoms. The number of rotatable bonds is 2. The number of likely N-dealkylation sites (tertiary alicyclic amines) is 1. The molecule has 21 heavy (non-hydrogen) atoms. The molecule has 2 aliphatic rings. The Kier molecular flexibility index (Phi) is 4.72. The molecule has 2 unspecified atom stereocenters. The topological polar surface area (TPSA) is 115 Å². The van der Waals surface area contributed by atoms with Gasteiger partial charge in [-0.3, -0.25) is 4.79 Å². The van der Waals surface area contributed by atoms with Crippen molar-refractivity contribution < 1.29 is 28.2 Å². The minimum atomic E-state index is -3.31. The molecule has 0 radical (unpaired) electrons. The van der Waals surface area contributed by atoms with Gasteiger partial charge in [0.25, 0.3) is 0 Å². The van der Waals surface area contributed by atoms with E-state index in [2.05, 4.69) is 0 Å². The van der Waals surface area contributed by atoms with Crippen LogP contribution in [0.1, 0.15) is 19.3 Å². The Balaban J connectivity index is 2.11. The number of carboxylic acids is 1. The number of urea groups is 1. The Morgan fingerprint density at radius 2 is 1.95 bits per heavy atom. The van der Waals surface area contributed by atoms with E-state index >= 15 is 0 Å². The van der Waals surface area contributed by atoms with Crippen molar-refractivity contribution in [1.29, 1.82) is 0 Å². The summed E-state index contributed by atoms with van der Waals surface area (Å²) >= 11 is 0. The first-order valence-electron chi connectivity index (χ1n) is 6.94. The number of aliphatic hydroxyl groups is 1. The molecule has 2 aliphatic heterocycles. The average Bonchev–Trinajstić information content (AvgIpc) is 2.36. The summed E-state index contributed by atoms with van der Waals surface area (Å²) < 4.78 is 23.3. The maximum atomic E-state index is 12.5. The summed E-state index contributed by atoms with van der Waals surface area (Å²) in [6.45, 7) is 0.715. The van der Waals surface area contributed by atoms with Crippen LogP contribution < -0.4 is 0 Å². The monoisotopic (exact) mass is 320 g/mol. The normalized spacial score (nSPS) is 29.2. The Hall–Kier alpha value is -1.35.